The summed E-state index contributed by atoms with van der Waals surface area (Å²) in [5.41, 5.74) is -0.447. The number of hydrogen-bond acceptors (Lipinski definition) is 5. The molecule has 8 heteroatoms. The molecule has 1 rings (SSSR count). The fourth-order valence-corrected chi connectivity index (χ4v) is 1.44. The first kappa shape index (κ1) is 13.9. The zero-order chi connectivity index (χ0) is 13.7. The quantitative estimate of drug-likeness (QED) is 0.503. The highest BCUT2D eigenvalue weighted by atomic mass is 35.5. The van der Waals surface area contributed by atoms with Crippen molar-refractivity contribution in [2.45, 2.75) is 0 Å². The molecule has 1 aromatic rings. The van der Waals surface area contributed by atoms with Crippen LogP contribution in [0.5, 0.6) is 0 Å². The van der Waals surface area contributed by atoms with E-state index in [1.165, 1.54) is 25.3 Å². The van der Waals surface area contributed by atoms with E-state index in [9.17, 15) is 19.7 Å². The van der Waals surface area contributed by atoms with Crippen LogP contribution in [0.3, 0.4) is 0 Å². The Hall–Kier alpha value is -2.15. The number of hydrogen-bond donors (Lipinski definition) is 1. The highest BCUT2D eigenvalue weighted by Gasteiger charge is 2.20. The number of nitrogens with zero attached hydrogens (tertiary/aromatic N) is 1. The van der Waals surface area contributed by atoms with Crippen LogP contribution in [-0.2, 0) is 9.53 Å². The van der Waals surface area contributed by atoms with Gasteiger partial charge in [-0.25, -0.2) is 0 Å². The van der Waals surface area contributed by atoms with Gasteiger partial charge in [-0.1, -0.05) is 17.7 Å². The molecule has 1 aromatic carbocycles. The molecule has 0 aromatic heterocycles. The molecule has 18 heavy (non-hydrogen) atoms. The van der Waals surface area contributed by atoms with Crippen molar-refractivity contribution in [2.75, 3.05) is 13.7 Å². The number of rotatable bonds is 4. The molecule has 0 spiro atoms. The zero-order valence-corrected chi connectivity index (χ0v) is 10.1. The van der Waals surface area contributed by atoms with E-state index >= 15 is 0 Å². The number of carbonyl (C=O) groups excluding carboxylic acids is 2. The van der Waals surface area contributed by atoms with Crippen molar-refractivity contribution in [3.05, 3.63) is 38.9 Å². The molecule has 1 amide bonds. The maximum atomic E-state index is 11.6. The number of nitro benzene ring substituents is 1. The van der Waals surface area contributed by atoms with Crippen LogP contribution < -0.4 is 5.32 Å². The normalized spacial score (nSPS) is 9.67. The molecule has 0 heterocycles. The van der Waals surface area contributed by atoms with E-state index in [2.05, 4.69) is 10.1 Å². The van der Waals surface area contributed by atoms with Gasteiger partial charge in [0.1, 0.15) is 11.6 Å². The van der Waals surface area contributed by atoms with Crippen LogP contribution in [0.25, 0.3) is 0 Å². The summed E-state index contributed by atoms with van der Waals surface area (Å²) in [6.07, 6.45) is 0. The first-order chi connectivity index (χ1) is 8.47. The van der Waals surface area contributed by atoms with Crippen LogP contribution in [0.1, 0.15) is 10.4 Å². The van der Waals surface area contributed by atoms with E-state index in [4.69, 9.17) is 11.6 Å². The standard InChI is InChI=1S/C10H9ClN2O5/c1-18-8(14)5-12-10(15)6-3-2-4-7(9(6)11)13(16)17/h2-4H,5H2,1H3,(H,12,15). The average molecular weight is 273 g/mol. The number of halogens is 1. The van der Waals surface area contributed by atoms with Gasteiger partial charge < -0.3 is 10.1 Å². The molecule has 0 aliphatic heterocycles. The van der Waals surface area contributed by atoms with Gasteiger partial charge in [-0.15, -0.1) is 0 Å². The van der Waals surface area contributed by atoms with Gasteiger partial charge in [0.15, 0.2) is 0 Å². The van der Waals surface area contributed by atoms with Crippen molar-refractivity contribution >= 4 is 29.2 Å². The fraction of sp³-hybridized carbons (Fsp3) is 0.200. The minimum Gasteiger partial charge on any atom is -0.468 e. The summed E-state index contributed by atoms with van der Waals surface area (Å²) in [6.45, 7) is -0.339. The van der Waals surface area contributed by atoms with Crippen LogP contribution in [0.4, 0.5) is 5.69 Å². The second-order valence-corrected chi connectivity index (χ2v) is 3.53. The molecule has 1 N–H and O–H groups in total. The summed E-state index contributed by atoms with van der Waals surface area (Å²) in [4.78, 5) is 32.4. The SMILES string of the molecule is COC(=O)CNC(=O)c1cccc([N+](=O)[O-])c1Cl. The number of benzene rings is 1. The van der Waals surface area contributed by atoms with Gasteiger partial charge in [0.05, 0.1) is 17.6 Å². The largest absolute Gasteiger partial charge is 0.468 e. The van der Waals surface area contributed by atoms with E-state index in [1.54, 1.807) is 0 Å². The van der Waals surface area contributed by atoms with Gasteiger partial charge in [-0.3, -0.25) is 19.7 Å². The number of nitrogens with one attached hydrogen (secondary N) is 1. The molecule has 0 saturated carbocycles. The van der Waals surface area contributed by atoms with Crippen molar-refractivity contribution in [1.82, 2.24) is 5.32 Å². The third-order valence-electron chi connectivity index (χ3n) is 2.04. The second kappa shape index (κ2) is 5.97. The van der Waals surface area contributed by atoms with Gasteiger partial charge in [-0.05, 0) is 6.07 Å². The Balaban J connectivity index is 2.90. The van der Waals surface area contributed by atoms with E-state index in [0.717, 1.165) is 0 Å². The lowest BCUT2D eigenvalue weighted by molar-refractivity contribution is -0.384. The topological polar surface area (TPSA) is 98.5 Å². The highest BCUT2D eigenvalue weighted by molar-refractivity contribution is 6.35. The monoisotopic (exact) mass is 272 g/mol. The molecule has 0 aliphatic rings. The molecule has 0 radical (unpaired) electrons. The number of esters is 1. The van der Waals surface area contributed by atoms with Crippen molar-refractivity contribution in [3.63, 3.8) is 0 Å². The number of amides is 1. The van der Waals surface area contributed by atoms with Gasteiger partial charge in [-0.2, -0.15) is 0 Å². The Morgan fingerprint density at radius 2 is 2.17 bits per heavy atom. The van der Waals surface area contributed by atoms with Gasteiger partial charge in [0.2, 0.25) is 0 Å². The lowest BCUT2D eigenvalue weighted by Crippen LogP contribution is -2.30. The predicted molar refractivity (Wildman–Crippen MR) is 62.5 cm³/mol. The zero-order valence-electron chi connectivity index (χ0n) is 9.31. The smallest absolute Gasteiger partial charge is 0.325 e. The maximum Gasteiger partial charge on any atom is 0.325 e. The summed E-state index contributed by atoms with van der Waals surface area (Å²) >= 11 is 5.73. The molecule has 0 fully saturated rings. The Kier molecular flexibility index (Phi) is 4.61. The number of ether oxygens (including phenoxy) is 1. The molecule has 0 atom stereocenters. The van der Waals surface area contributed by atoms with Crippen LogP contribution in [-0.4, -0.2) is 30.5 Å². The number of carbonyl (C=O) groups is 2. The molecule has 0 saturated heterocycles. The second-order valence-electron chi connectivity index (χ2n) is 3.15. The van der Waals surface area contributed by atoms with Crippen LogP contribution in [0.15, 0.2) is 18.2 Å². The maximum absolute atomic E-state index is 11.6. The summed E-state index contributed by atoms with van der Waals surface area (Å²) in [5.74, 6) is -1.32. The Morgan fingerprint density at radius 3 is 2.72 bits per heavy atom. The lowest BCUT2D eigenvalue weighted by Gasteiger charge is -2.05. The Labute approximate surface area is 107 Å². The minimum absolute atomic E-state index is 0.0743. The molecule has 0 aliphatic carbocycles. The van der Waals surface area contributed by atoms with Gasteiger partial charge in [0, 0.05) is 6.07 Å². The molecule has 0 unspecified atom stereocenters. The van der Waals surface area contributed by atoms with Crippen molar-refractivity contribution in [1.29, 1.82) is 0 Å². The predicted octanol–water partition coefficient (Wildman–Crippen LogP) is 1.15. The van der Waals surface area contributed by atoms with Gasteiger partial charge in [0.25, 0.3) is 11.6 Å². The summed E-state index contributed by atoms with van der Waals surface area (Å²) in [7, 11) is 1.18. The molecular formula is C10H9ClN2O5. The Morgan fingerprint density at radius 1 is 1.50 bits per heavy atom. The third kappa shape index (κ3) is 3.17. The first-order valence-electron chi connectivity index (χ1n) is 4.75. The molecule has 7 nitrogen and oxygen atoms in total. The highest BCUT2D eigenvalue weighted by Crippen LogP contribution is 2.27. The first-order valence-corrected chi connectivity index (χ1v) is 5.13. The minimum atomic E-state index is -0.695. The lowest BCUT2D eigenvalue weighted by atomic mass is 10.2. The molecule has 0 bridgehead atoms. The van der Waals surface area contributed by atoms with Crippen molar-refractivity contribution in [3.8, 4) is 0 Å². The summed E-state index contributed by atoms with van der Waals surface area (Å²) in [5, 5.41) is 12.6. The van der Waals surface area contributed by atoms with Gasteiger partial charge >= 0.3 is 5.97 Å². The number of methoxy groups -OCH3 is 1. The molecule has 96 valence electrons. The third-order valence-corrected chi connectivity index (χ3v) is 2.44. The Bertz CT molecular complexity index is 503. The van der Waals surface area contributed by atoms with E-state index < -0.39 is 16.8 Å². The molecular weight excluding hydrogens is 264 g/mol. The van der Waals surface area contributed by atoms with Crippen molar-refractivity contribution < 1.29 is 19.2 Å². The van der Waals surface area contributed by atoms with Crippen LogP contribution >= 0.6 is 11.6 Å². The summed E-state index contributed by atoms with van der Waals surface area (Å²) < 4.78 is 4.33. The number of nitro groups is 1. The van der Waals surface area contributed by atoms with E-state index in [-0.39, 0.29) is 22.8 Å². The van der Waals surface area contributed by atoms with Crippen molar-refractivity contribution in [2.24, 2.45) is 0 Å². The average Bonchev–Trinajstić information content (AvgIpc) is 2.35. The van der Waals surface area contributed by atoms with Crippen LogP contribution in [0, 0.1) is 10.1 Å². The van der Waals surface area contributed by atoms with E-state index in [1.807, 2.05) is 0 Å². The van der Waals surface area contributed by atoms with Crippen LogP contribution in [0.2, 0.25) is 5.02 Å². The van der Waals surface area contributed by atoms with E-state index in [0.29, 0.717) is 0 Å². The summed E-state index contributed by atoms with van der Waals surface area (Å²) in [6, 6.07) is 3.83. The fourth-order valence-electron chi connectivity index (χ4n) is 1.16.